The maximum atomic E-state index is 12.6. The van der Waals surface area contributed by atoms with Gasteiger partial charge in [-0.15, -0.1) is 0 Å². The molecule has 0 saturated carbocycles. The van der Waals surface area contributed by atoms with Gasteiger partial charge in [-0.25, -0.2) is 0 Å². The van der Waals surface area contributed by atoms with Crippen LogP contribution < -0.4 is 14.9 Å². The Morgan fingerprint density at radius 2 is 1.96 bits per heavy atom. The number of fused-ring (bicyclic) bond motifs is 1. The number of aryl methyl sites for hydroxylation is 1. The smallest absolute Gasteiger partial charge is 0.306 e. The summed E-state index contributed by atoms with van der Waals surface area (Å²) in [6, 6.07) is 12.1. The fraction of sp³-hybridized carbons (Fsp3) is 0.158. The molecule has 0 aliphatic carbocycles. The van der Waals surface area contributed by atoms with Crippen molar-refractivity contribution in [3.63, 3.8) is 0 Å². The quantitative estimate of drug-likeness (QED) is 0.735. The summed E-state index contributed by atoms with van der Waals surface area (Å²) in [4.78, 5) is 23.1. The summed E-state index contributed by atoms with van der Waals surface area (Å²) in [7, 11) is 0. The van der Waals surface area contributed by atoms with Gasteiger partial charge in [-0.05, 0) is 30.7 Å². The molecule has 2 aromatic carbocycles. The van der Waals surface area contributed by atoms with E-state index in [1.54, 1.807) is 24.3 Å². The van der Waals surface area contributed by atoms with Crippen molar-refractivity contribution in [1.82, 2.24) is 0 Å². The van der Waals surface area contributed by atoms with E-state index >= 15 is 0 Å². The Balaban J connectivity index is 1.86. The second-order valence-corrected chi connectivity index (χ2v) is 5.45. The van der Waals surface area contributed by atoms with Crippen LogP contribution in [0.1, 0.15) is 12.0 Å². The topological polar surface area (TPSA) is 86.0 Å². The number of benzene rings is 2. The SMILES string of the molecule is Cc1ccccc1Oc1coc2cc(OCCC(=O)O)ccc2c1=O. The van der Waals surface area contributed by atoms with E-state index in [-0.39, 0.29) is 24.2 Å². The third-order valence-corrected chi connectivity index (χ3v) is 3.61. The zero-order valence-electron chi connectivity index (χ0n) is 13.5. The molecule has 0 bridgehead atoms. The van der Waals surface area contributed by atoms with Crippen LogP contribution in [0.4, 0.5) is 0 Å². The monoisotopic (exact) mass is 340 g/mol. The third-order valence-electron chi connectivity index (χ3n) is 3.61. The van der Waals surface area contributed by atoms with E-state index in [4.69, 9.17) is 19.0 Å². The maximum Gasteiger partial charge on any atom is 0.306 e. The Hall–Kier alpha value is -3.28. The number of rotatable bonds is 6. The second-order valence-electron chi connectivity index (χ2n) is 5.45. The van der Waals surface area contributed by atoms with Gasteiger partial charge < -0.3 is 19.0 Å². The van der Waals surface area contributed by atoms with E-state index in [0.717, 1.165) is 5.56 Å². The number of ether oxygens (including phenoxy) is 2. The summed E-state index contributed by atoms with van der Waals surface area (Å²) in [6.07, 6.45) is 1.16. The van der Waals surface area contributed by atoms with Gasteiger partial charge in [-0.2, -0.15) is 0 Å². The highest BCUT2D eigenvalue weighted by Gasteiger charge is 2.11. The lowest BCUT2D eigenvalue weighted by Crippen LogP contribution is -2.06. The molecule has 3 aromatic rings. The fourth-order valence-corrected chi connectivity index (χ4v) is 2.30. The van der Waals surface area contributed by atoms with Crippen LogP contribution in [0.25, 0.3) is 11.0 Å². The first-order valence-electron chi connectivity index (χ1n) is 7.68. The number of carboxylic acid groups (broad SMARTS) is 1. The summed E-state index contributed by atoms with van der Waals surface area (Å²) >= 11 is 0. The van der Waals surface area contributed by atoms with Gasteiger partial charge in [0.2, 0.25) is 11.2 Å². The van der Waals surface area contributed by atoms with Gasteiger partial charge >= 0.3 is 5.97 Å². The standard InChI is InChI=1S/C19H16O6/c1-12-4-2-3-5-15(12)25-17-11-24-16-10-13(23-9-8-18(20)21)6-7-14(16)19(17)22/h2-7,10-11H,8-9H2,1H3,(H,20,21). The predicted octanol–water partition coefficient (Wildman–Crippen LogP) is 3.75. The second kappa shape index (κ2) is 7.09. The van der Waals surface area contributed by atoms with Crippen molar-refractivity contribution >= 4 is 16.9 Å². The van der Waals surface area contributed by atoms with Crippen LogP contribution in [-0.4, -0.2) is 17.7 Å². The number of carboxylic acids is 1. The molecule has 0 unspecified atom stereocenters. The molecular formula is C19H16O6. The van der Waals surface area contributed by atoms with Gasteiger partial charge in [0.25, 0.3) is 0 Å². The number of hydrogen-bond donors (Lipinski definition) is 1. The maximum absolute atomic E-state index is 12.6. The Kier molecular flexibility index (Phi) is 4.70. The molecular weight excluding hydrogens is 324 g/mol. The van der Waals surface area contributed by atoms with Crippen molar-refractivity contribution in [3.8, 4) is 17.2 Å². The fourth-order valence-electron chi connectivity index (χ4n) is 2.30. The molecule has 0 radical (unpaired) electrons. The zero-order chi connectivity index (χ0) is 17.8. The highest BCUT2D eigenvalue weighted by Crippen LogP contribution is 2.25. The Morgan fingerprint density at radius 1 is 1.16 bits per heavy atom. The first-order valence-corrected chi connectivity index (χ1v) is 7.68. The summed E-state index contributed by atoms with van der Waals surface area (Å²) in [5.41, 5.74) is 0.959. The summed E-state index contributed by atoms with van der Waals surface area (Å²) < 4.78 is 16.5. The summed E-state index contributed by atoms with van der Waals surface area (Å²) in [5.74, 6) is 0.180. The predicted molar refractivity (Wildman–Crippen MR) is 91.5 cm³/mol. The van der Waals surface area contributed by atoms with Crippen molar-refractivity contribution in [2.45, 2.75) is 13.3 Å². The molecule has 6 heteroatoms. The molecule has 1 heterocycles. The molecule has 3 rings (SSSR count). The first kappa shape index (κ1) is 16.6. The van der Waals surface area contributed by atoms with E-state index in [1.165, 1.54) is 6.26 Å². The van der Waals surface area contributed by atoms with E-state index < -0.39 is 5.97 Å². The van der Waals surface area contributed by atoms with Crippen LogP contribution in [0.2, 0.25) is 0 Å². The molecule has 0 fully saturated rings. The minimum absolute atomic E-state index is 0.0412. The van der Waals surface area contributed by atoms with Gasteiger partial charge in [-0.1, -0.05) is 18.2 Å². The molecule has 0 aliphatic heterocycles. The van der Waals surface area contributed by atoms with Crippen LogP contribution in [-0.2, 0) is 4.79 Å². The molecule has 0 spiro atoms. The zero-order valence-corrected chi connectivity index (χ0v) is 13.5. The molecule has 6 nitrogen and oxygen atoms in total. The highest BCUT2D eigenvalue weighted by atomic mass is 16.5. The molecule has 1 aromatic heterocycles. The van der Waals surface area contributed by atoms with E-state index in [0.29, 0.717) is 22.5 Å². The van der Waals surface area contributed by atoms with Crippen molar-refractivity contribution in [2.24, 2.45) is 0 Å². The average Bonchev–Trinajstić information content (AvgIpc) is 2.59. The van der Waals surface area contributed by atoms with Gasteiger partial charge in [0.05, 0.1) is 18.4 Å². The van der Waals surface area contributed by atoms with Crippen molar-refractivity contribution in [3.05, 3.63) is 64.5 Å². The van der Waals surface area contributed by atoms with Crippen LogP contribution in [0.3, 0.4) is 0 Å². The minimum atomic E-state index is -0.940. The summed E-state index contributed by atoms with van der Waals surface area (Å²) in [6.45, 7) is 1.93. The van der Waals surface area contributed by atoms with Crippen molar-refractivity contribution < 1.29 is 23.8 Å². The third kappa shape index (κ3) is 3.80. The van der Waals surface area contributed by atoms with Gasteiger partial charge in [0.1, 0.15) is 23.3 Å². The van der Waals surface area contributed by atoms with Crippen LogP contribution in [0.5, 0.6) is 17.2 Å². The lowest BCUT2D eigenvalue weighted by molar-refractivity contribution is -0.137. The molecule has 0 atom stereocenters. The average molecular weight is 340 g/mol. The molecule has 128 valence electrons. The first-order chi connectivity index (χ1) is 12.0. The number of carbonyl (C=O) groups is 1. The molecule has 25 heavy (non-hydrogen) atoms. The molecule has 1 N–H and O–H groups in total. The highest BCUT2D eigenvalue weighted by molar-refractivity contribution is 5.79. The van der Waals surface area contributed by atoms with Crippen LogP contribution in [0, 0.1) is 6.92 Å². The number of para-hydroxylation sites is 1. The molecule has 0 saturated heterocycles. The van der Waals surface area contributed by atoms with Gasteiger partial charge in [-0.3, -0.25) is 9.59 Å². The molecule has 0 amide bonds. The number of hydrogen-bond acceptors (Lipinski definition) is 5. The summed E-state index contributed by atoms with van der Waals surface area (Å²) in [5, 5.41) is 8.98. The van der Waals surface area contributed by atoms with E-state index in [2.05, 4.69) is 0 Å². The Labute approximate surface area is 143 Å². The Bertz CT molecular complexity index is 973. The Morgan fingerprint density at radius 3 is 2.72 bits per heavy atom. The van der Waals surface area contributed by atoms with Crippen LogP contribution in [0.15, 0.2) is 57.9 Å². The van der Waals surface area contributed by atoms with Crippen LogP contribution >= 0.6 is 0 Å². The molecule has 0 aliphatic rings. The van der Waals surface area contributed by atoms with Crippen molar-refractivity contribution in [2.75, 3.05) is 6.61 Å². The lowest BCUT2D eigenvalue weighted by Gasteiger charge is -2.09. The largest absolute Gasteiger partial charge is 0.493 e. The lowest BCUT2D eigenvalue weighted by atomic mass is 10.2. The minimum Gasteiger partial charge on any atom is -0.493 e. The van der Waals surface area contributed by atoms with Gasteiger partial charge in [0, 0.05) is 6.07 Å². The van der Waals surface area contributed by atoms with Gasteiger partial charge in [0.15, 0.2) is 0 Å². The van der Waals surface area contributed by atoms with E-state index in [9.17, 15) is 9.59 Å². The van der Waals surface area contributed by atoms with E-state index in [1.807, 2.05) is 25.1 Å². The number of aliphatic carboxylic acids is 1. The van der Waals surface area contributed by atoms with Crippen molar-refractivity contribution in [1.29, 1.82) is 0 Å². The normalized spacial score (nSPS) is 10.6.